The van der Waals surface area contributed by atoms with Crippen molar-refractivity contribution in [2.24, 2.45) is 0 Å². The summed E-state index contributed by atoms with van der Waals surface area (Å²) in [6, 6.07) is 15.4. The van der Waals surface area contributed by atoms with Gasteiger partial charge in [0.15, 0.2) is 0 Å². The van der Waals surface area contributed by atoms with Crippen LogP contribution in [0.15, 0.2) is 73.4 Å². The molecule has 5 aromatic rings. The van der Waals surface area contributed by atoms with Crippen LogP contribution in [0.2, 0.25) is 0 Å². The molecule has 0 saturated heterocycles. The number of hydrogen-bond acceptors (Lipinski definition) is 4. The number of carbonyl (C=O) groups excluding carboxylic acids is 1. The van der Waals surface area contributed by atoms with E-state index in [2.05, 4.69) is 27.2 Å². The summed E-state index contributed by atoms with van der Waals surface area (Å²) < 4.78 is 1.72. The van der Waals surface area contributed by atoms with Gasteiger partial charge in [0, 0.05) is 42.6 Å². The van der Waals surface area contributed by atoms with E-state index in [4.69, 9.17) is 4.98 Å². The highest BCUT2D eigenvalue weighted by atomic mass is 16.2. The van der Waals surface area contributed by atoms with Crippen LogP contribution >= 0.6 is 0 Å². The van der Waals surface area contributed by atoms with E-state index in [9.17, 15) is 4.79 Å². The topological polar surface area (TPSA) is 79.2 Å². The van der Waals surface area contributed by atoms with Crippen molar-refractivity contribution in [2.75, 3.05) is 6.54 Å². The quantitative estimate of drug-likeness (QED) is 0.498. The molecule has 146 valence electrons. The smallest absolute Gasteiger partial charge is 0.257 e. The number of nitrogens with one attached hydrogen (secondary N) is 1. The summed E-state index contributed by atoms with van der Waals surface area (Å²) in [4.78, 5) is 28.1. The third-order valence-electron chi connectivity index (χ3n) is 5.78. The highest BCUT2D eigenvalue weighted by molar-refractivity contribution is 6.01. The van der Waals surface area contributed by atoms with Crippen molar-refractivity contribution >= 4 is 22.2 Å². The SMILES string of the molecule is O=C(c1ccn2ncccc12)N1CCc2[nH]cnc2[C@H]1c1cc2ccccc2cn1. The Morgan fingerprint density at radius 2 is 1.97 bits per heavy atom. The normalized spacial score (nSPS) is 16.1. The zero-order valence-corrected chi connectivity index (χ0v) is 16.1. The number of amides is 1. The standard InChI is InChI=1S/C23H18N6O/c30-23(17-7-11-29-20(17)6-3-9-27-29)28-10-8-18-21(26-14-25-18)22(28)19-12-15-4-1-2-5-16(15)13-24-19/h1-7,9,11-14,22H,8,10H2,(H,25,26)/t22-/m1/s1. The second-order valence-corrected chi connectivity index (χ2v) is 7.46. The van der Waals surface area contributed by atoms with Crippen LogP contribution in [0.1, 0.15) is 33.5 Å². The number of pyridine rings is 1. The molecule has 1 aliphatic rings. The fourth-order valence-corrected chi connectivity index (χ4v) is 4.33. The monoisotopic (exact) mass is 394 g/mol. The largest absolute Gasteiger partial charge is 0.348 e. The van der Waals surface area contributed by atoms with E-state index in [0.29, 0.717) is 12.1 Å². The van der Waals surface area contributed by atoms with E-state index >= 15 is 0 Å². The molecular formula is C23H18N6O. The van der Waals surface area contributed by atoms with Gasteiger partial charge in [-0.1, -0.05) is 24.3 Å². The van der Waals surface area contributed by atoms with E-state index in [1.54, 1.807) is 17.0 Å². The van der Waals surface area contributed by atoms with Crippen LogP contribution < -0.4 is 0 Å². The van der Waals surface area contributed by atoms with Gasteiger partial charge >= 0.3 is 0 Å². The number of fused-ring (bicyclic) bond motifs is 3. The third-order valence-corrected chi connectivity index (χ3v) is 5.78. The molecule has 6 rings (SSSR count). The molecule has 30 heavy (non-hydrogen) atoms. The Morgan fingerprint density at radius 3 is 2.90 bits per heavy atom. The van der Waals surface area contributed by atoms with Gasteiger partial charge in [-0.25, -0.2) is 9.50 Å². The number of H-pyrrole nitrogens is 1. The molecule has 4 aromatic heterocycles. The minimum absolute atomic E-state index is 0.0425. The first-order valence-corrected chi connectivity index (χ1v) is 9.90. The van der Waals surface area contributed by atoms with Crippen LogP contribution in [0.25, 0.3) is 16.3 Å². The predicted octanol–water partition coefficient (Wildman–Crippen LogP) is 3.39. The molecule has 0 fully saturated rings. The average Bonchev–Trinajstić information content (AvgIpc) is 3.44. The zero-order valence-electron chi connectivity index (χ0n) is 16.1. The first kappa shape index (κ1) is 16.9. The van der Waals surface area contributed by atoms with Gasteiger partial charge in [-0.15, -0.1) is 0 Å². The number of aromatic amines is 1. The predicted molar refractivity (Wildman–Crippen MR) is 112 cm³/mol. The Morgan fingerprint density at radius 1 is 1.07 bits per heavy atom. The second-order valence-electron chi connectivity index (χ2n) is 7.46. The van der Waals surface area contributed by atoms with Crippen molar-refractivity contribution in [1.82, 2.24) is 29.5 Å². The van der Waals surface area contributed by atoms with Gasteiger partial charge in [0.1, 0.15) is 6.04 Å². The molecule has 1 amide bonds. The molecule has 7 nitrogen and oxygen atoms in total. The number of benzene rings is 1. The molecule has 1 N–H and O–H groups in total. The van der Waals surface area contributed by atoms with Crippen LogP contribution in [0.3, 0.4) is 0 Å². The van der Waals surface area contributed by atoms with Gasteiger partial charge in [0.05, 0.1) is 28.8 Å². The summed E-state index contributed by atoms with van der Waals surface area (Å²) in [7, 11) is 0. The van der Waals surface area contributed by atoms with Crippen molar-refractivity contribution in [3.8, 4) is 0 Å². The lowest BCUT2D eigenvalue weighted by Crippen LogP contribution is -2.41. The molecule has 0 aliphatic carbocycles. The van der Waals surface area contributed by atoms with Gasteiger partial charge in [-0.05, 0) is 29.7 Å². The molecule has 0 spiro atoms. The maximum absolute atomic E-state index is 13.7. The molecule has 1 aromatic carbocycles. The lowest BCUT2D eigenvalue weighted by molar-refractivity contribution is 0.0689. The number of rotatable bonds is 2. The van der Waals surface area contributed by atoms with Crippen molar-refractivity contribution < 1.29 is 4.79 Å². The Labute approximate surface area is 172 Å². The van der Waals surface area contributed by atoms with Gasteiger partial charge in [0.25, 0.3) is 5.91 Å². The van der Waals surface area contributed by atoms with Gasteiger partial charge in [-0.2, -0.15) is 5.10 Å². The number of hydrogen-bond donors (Lipinski definition) is 1. The van der Waals surface area contributed by atoms with Crippen molar-refractivity contribution in [1.29, 1.82) is 0 Å². The van der Waals surface area contributed by atoms with Crippen molar-refractivity contribution in [3.63, 3.8) is 0 Å². The van der Waals surface area contributed by atoms with Gasteiger partial charge < -0.3 is 9.88 Å². The summed E-state index contributed by atoms with van der Waals surface area (Å²) in [5.74, 6) is -0.0425. The fourth-order valence-electron chi connectivity index (χ4n) is 4.33. The molecule has 0 saturated carbocycles. The molecular weight excluding hydrogens is 376 g/mol. The zero-order chi connectivity index (χ0) is 20.1. The fraction of sp³-hybridized carbons (Fsp3) is 0.130. The summed E-state index contributed by atoms with van der Waals surface area (Å²) in [6.45, 7) is 0.588. The molecule has 0 unspecified atom stereocenters. The van der Waals surface area contributed by atoms with Crippen LogP contribution in [-0.4, -0.2) is 41.9 Å². The maximum Gasteiger partial charge on any atom is 0.257 e. The van der Waals surface area contributed by atoms with Crippen LogP contribution in [0, 0.1) is 0 Å². The van der Waals surface area contributed by atoms with Crippen LogP contribution in [0.5, 0.6) is 0 Å². The minimum atomic E-state index is -0.344. The third kappa shape index (κ3) is 2.52. The van der Waals surface area contributed by atoms with Gasteiger partial charge in [0.2, 0.25) is 0 Å². The summed E-state index contributed by atoms with van der Waals surface area (Å²) in [5.41, 5.74) is 4.16. The lowest BCUT2D eigenvalue weighted by atomic mass is 9.97. The molecule has 5 heterocycles. The highest BCUT2D eigenvalue weighted by Crippen LogP contribution is 2.35. The molecule has 1 atom stereocenters. The summed E-state index contributed by atoms with van der Waals surface area (Å²) >= 11 is 0. The summed E-state index contributed by atoms with van der Waals surface area (Å²) in [5, 5.41) is 6.45. The highest BCUT2D eigenvalue weighted by Gasteiger charge is 2.36. The lowest BCUT2D eigenvalue weighted by Gasteiger charge is -2.34. The number of imidazole rings is 1. The number of nitrogens with zero attached hydrogens (tertiary/aromatic N) is 5. The van der Waals surface area contributed by atoms with Crippen molar-refractivity contribution in [2.45, 2.75) is 12.5 Å². The van der Waals surface area contributed by atoms with Gasteiger partial charge in [-0.3, -0.25) is 9.78 Å². The maximum atomic E-state index is 13.7. The Balaban J connectivity index is 1.49. The molecule has 1 aliphatic heterocycles. The number of carbonyl (C=O) groups is 1. The van der Waals surface area contributed by atoms with E-state index in [-0.39, 0.29) is 11.9 Å². The average molecular weight is 394 g/mol. The molecule has 0 bridgehead atoms. The summed E-state index contributed by atoms with van der Waals surface area (Å²) in [6.07, 6.45) is 7.82. The van der Waals surface area contributed by atoms with Crippen molar-refractivity contribution in [3.05, 3.63) is 96.1 Å². The van der Waals surface area contributed by atoms with Crippen LogP contribution in [0.4, 0.5) is 0 Å². The van der Waals surface area contributed by atoms with E-state index in [0.717, 1.165) is 39.8 Å². The van der Waals surface area contributed by atoms with E-state index < -0.39 is 0 Å². The second kappa shape index (κ2) is 6.52. The first-order valence-electron chi connectivity index (χ1n) is 9.90. The van der Waals surface area contributed by atoms with E-state index in [1.165, 1.54) is 0 Å². The molecule has 7 heteroatoms. The molecule has 0 radical (unpaired) electrons. The Bertz CT molecular complexity index is 1400. The Hall–Kier alpha value is -4.00. The van der Waals surface area contributed by atoms with E-state index in [1.807, 2.05) is 53.7 Å². The number of aromatic nitrogens is 5. The first-order chi connectivity index (χ1) is 14.8. The van der Waals surface area contributed by atoms with Crippen LogP contribution in [-0.2, 0) is 6.42 Å². The minimum Gasteiger partial charge on any atom is -0.348 e. The Kier molecular flexibility index (Phi) is 3.67.